The van der Waals surface area contributed by atoms with Crippen molar-refractivity contribution in [3.63, 3.8) is 0 Å². The van der Waals surface area contributed by atoms with Gasteiger partial charge in [-0.3, -0.25) is 9.59 Å². The number of carboxylic acids is 1. The summed E-state index contributed by atoms with van der Waals surface area (Å²) >= 11 is 0. The molecule has 1 aromatic rings. The molecule has 2 saturated heterocycles. The van der Waals surface area contributed by atoms with Gasteiger partial charge in [0.25, 0.3) is 0 Å². The Balaban J connectivity index is 1.48. The summed E-state index contributed by atoms with van der Waals surface area (Å²) in [5, 5.41) is 9.93. The highest BCUT2D eigenvalue weighted by atomic mass is 16.5. The third-order valence-electron chi connectivity index (χ3n) is 6.19. The largest absolute Gasteiger partial charge is 0.492 e. The fourth-order valence-corrected chi connectivity index (χ4v) is 4.62. The number of benzene rings is 1. The molecule has 1 N–H and O–H groups in total. The number of rotatable bonds is 4. The number of carboxylic acid groups (broad SMARTS) is 1. The number of ether oxygens (including phenoxy) is 1. The molecule has 26 heavy (non-hydrogen) atoms. The minimum absolute atomic E-state index is 0.0584. The van der Waals surface area contributed by atoms with E-state index >= 15 is 0 Å². The van der Waals surface area contributed by atoms with Crippen LogP contribution in [0.2, 0.25) is 0 Å². The average molecular weight is 358 g/mol. The van der Waals surface area contributed by atoms with E-state index in [0.29, 0.717) is 13.0 Å². The second-order valence-corrected chi connectivity index (χ2v) is 7.77. The van der Waals surface area contributed by atoms with E-state index in [1.165, 1.54) is 19.3 Å². The standard InChI is InChI=1S/C20H26N2O4/c23-18(8-11-21-9-4-1-5-10-21)22-12-16-15-6-2-3-7-17(15)26-14-20(16,13-22)19(24)25/h2-3,6-7,16H,1,4-5,8-14H2,(H,24,25)/t16?,20-/m1/s1. The number of hydrogen-bond acceptors (Lipinski definition) is 4. The molecule has 0 aliphatic carbocycles. The summed E-state index contributed by atoms with van der Waals surface area (Å²) in [4.78, 5) is 29.0. The van der Waals surface area contributed by atoms with Crippen LogP contribution in [-0.4, -0.2) is 66.1 Å². The van der Waals surface area contributed by atoms with Crippen LogP contribution in [0.15, 0.2) is 24.3 Å². The highest BCUT2D eigenvalue weighted by Crippen LogP contribution is 2.49. The number of carbonyl (C=O) groups excluding carboxylic acids is 1. The molecule has 1 unspecified atom stereocenters. The Kier molecular flexibility index (Phi) is 4.61. The van der Waals surface area contributed by atoms with Gasteiger partial charge in [0.1, 0.15) is 17.8 Å². The summed E-state index contributed by atoms with van der Waals surface area (Å²) in [6, 6.07) is 7.60. The third kappa shape index (κ3) is 2.96. The molecule has 2 fully saturated rings. The van der Waals surface area contributed by atoms with Crippen molar-refractivity contribution >= 4 is 11.9 Å². The Hall–Kier alpha value is -2.08. The lowest BCUT2D eigenvalue weighted by molar-refractivity contribution is -0.152. The summed E-state index contributed by atoms with van der Waals surface area (Å²) in [5.74, 6) is -0.271. The van der Waals surface area contributed by atoms with Gasteiger partial charge >= 0.3 is 5.97 Å². The molecular weight excluding hydrogens is 332 g/mol. The Labute approximate surface area is 153 Å². The molecule has 4 rings (SSSR count). The number of carbonyl (C=O) groups is 2. The molecule has 6 nitrogen and oxygen atoms in total. The first kappa shape index (κ1) is 17.3. The van der Waals surface area contributed by atoms with Gasteiger partial charge in [-0.15, -0.1) is 0 Å². The lowest BCUT2D eigenvalue weighted by Gasteiger charge is -2.35. The average Bonchev–Trinajstić information content (AvgIpc) is 3.09. The van der Waals surface area contributed by atoms with E-state index in [0.717, 1.165) is 30.9 Å². The molecule has 3 heterocycles. The van der Waals surface area contributed by atoms with Gasteiger partial charge in [-0.05, 0) is 32.0 Å². The molecular formula is C20H26N2O4. The highest BCUT2D eigenvalue weighted by Gasteiger charge is 2.57. The Bertz CT molecular complexity index is 701. The normalized spacial score (nSPS) is 28.2. The number of nitrogens with zero attached hydrogens (tertiary/aromatic N) is 2. The van der Waals surface area contributed by atoms with Crippen molar-refractivity contribution in [3.8, 4) is 5.75 Å². The van der Waals surface area contributed by atoms with E-state index < -0.39 is 11.4 Å². The van der Waals surface area contributed by atoms with Crippen LogP contribution in [0.5, 0.6) is 5.75 Å². The fraction of sp³-hybridized carbons (Fsp3) is 0.600. The molecule has 0 spiro atoms. The summed E-state index contributed by atoms with van der Waals surface area (Å²) < 4.78 is 5.76. The van der Waals surface area contributed by atoms with Gasteiger partial charge in [-0.25, -0.2) is 0 Å². The third-order valence-corrected chi connectivity index (χ3v) is 6.19. The molecule has 1 aromatic carbocycles. The van der Waals surface area contributed by atoms with Crippen LogP contribution in [0, 0.1) is 5.41 Å². The number of piperidine rings is 1. The monoisotopic (exact) mass is 358 g/mol. The second kappa shape index (κ2) is 6.91. The van der Waals surface area contributed by atoms with E-state index in [4.69, 9.17) is 4.74 Å². The van der Waals surface area contributed by atoms with Gasteiger partial charge in [-0.1, -0.05) is 24.6 Å². The summed E-state index contributed by atoms with van der Waals surface area (Å²) in [7, 11) is 0. The zero-order valence-corrected chi connectivity index (χ0v) is 15.0. The van der Waals surface area contributed by atoms with Crippen molar-refractivity contribution < 1.29 is 19.4 Å². The minimum atomic E-state index is -1.03. The van der Waals surface area contributed by atoms with Crippen LogP contribution in [-0.2, 0) is 9.59 Å². The second-order valence-electron chi connectivity index (χ2n) is 7.77. The highest BCUT2D eigenvalue weighted by molar-refractivity contribution is 5.83. The summed E-state index contributed by atoms with van der Waals surface area (Å²) in [5.41, 5.74) is -0.123. The number of fused-ring (bicyclic) bond motifs is 3. The van der Waals surface area contributed by atoms with Gasteiger partial charge in [-0.2, -0.15) is 0 Å². The molecule has 0 bridgehead atoms. The maximum atomic E-state index is 12.8. The number of para-hydroxylation sites is 1. The molecule has 0 aromatic heterocycles. The Morgan fingerprint density at radius 2 is 1.96 bits per heavy atom. The molecule has 0 radical (unpaired) electrons. The quantitative estimate of drug-likeness (QED) is 0.891. The van der Waals surface area contributed by atoms with Crippen LogP contribution in [0.1, 0.15) is 37.2 Å². The van der Waals surface area contributed by atoms with E-state index in [-0.39, 0.29) is 25.0 Å². The number of amides is 1. The zero-order chi connectivity index (χ0) is 18.1. The van der Waals surface area contributed by atoms with E-state index in [2.05, 4.69) is 4.90 Å². The van der Waals surface area contributed by atoms with Gasteiger partial charge in [0, 0.05) is 37.5 Å². The predicted molar refractivity (Wildman–Crippen MR) is 96.2 cm³/mol. The maximum Gasteiger partial charge on any atom is 0.315 e. The molecule has 3 aliphatic heterocycles. The molecule has 6 heteroatoms. The van der Waals surface area contributed by atoms with Crippen molar-refractivity contribution in [1.82, 2.24) is 9.80 Å². The van der Waals surface area contributed by atoms with Crippen LogP contribution in [0.4, 0.5) is 0 Å². The van der Waals surface area contributed by atoms with E-state index in [9.17, 15) is 14.7 Å². The predicted octanol–water partition coefficient (Wildman–Crippen LogP) is 1.95. The molecule has 3 aliphatic rings. The van der Waals surface area contributed by atoms with Crippen LogP contribution in [0.25, 0.3) is 0 Å². The topological polar surface area (TPSA) is 70.1 Å². The zero-order valence-electron chi connectivity index (χ0n) is 15.0. The number of likely N-dealkylation sites (tertiary alicyclic amines) is 2. The first-order valence-electron chi connectivity index (χ1n) is 9.55. The SMILES string of the molecule is O=C(CCN1CCCCC1)N1CC2c3ccccc3OC[C@]2(C(=O)O)C1. The van der Waals surface area contributed by atoms with Crippen LogP contribution in [0.3, 0.4) is 0 Å². The smallest absolute Gasteiger partial charge is 0.315 e. The first-order chi connectivity index (χ1) is 12.6. The maximum absolute atomic E-state index is 12.8. The minimum Gasteiger partial charge on any atom is -0.492 e. The van der Waals surface area contributed by atoms with Crippen molar-refractivity contribution in [2.75, 3.05) is 39.3 Å². The molecule has 140 valence electrons. The van der Waals surface area contributed by atoms with Crippen molar-refractivity contribution in [1.29, 1.82) is 0 Å². The molecule has 0 saturated carbocycles. The van der Waals surface area contributed by atoms with E-state index in [1.807, 2.05) is 24.3 Å². The lowest BCUT2D eigenvalue weighted by Crippen LogP contribution is -2.46. The number of hydrogen-bond donors (Lipinski definition) is 1. The summed E-state index contributed by atoms with van der Waals surface area (Å²) in [6.07, 6.45) is 4.15. The first-order valence-corrected chi connectivity index (χ1v) is 9.55. The van der Waals surface area contributed by atoms with Gasteiger partial charge in [0.05, 0.1) is 0 Å². The van der Waals surface area contributed by atoms with Gasteiger partial charge in [0.15, 0.2) is 0 Å². The number of aliphatic carboxylic acids is 1. The van der Waals surface area contributed by atoms with Crippen molar-refractivity contribution in [2.45, 2.75) is 31.6 Å². The van der Waals surface area contributed by atoms with E-state index in [1.54, 1.807) is 4.90 Å². The van der Waals surface area contributed by atoms with Gasteiger partial charge < -0.3 is 19.6 Å². The lowest BCUT2D eigenvalue weighted by atomic mass is 9.73. The molecule has 1 amide bonds. The van der Waals surface area contributed by atoms with Crippen molar-refractivity contribution in [3.05, 3.63) is 29.8 Å². The fourth-order valence-electron chi connectivity index (χ4n) is 4.62. The van der Waals surface area contributed by atoms with Gasteiger partial charge in [0.2, 0.25) is 5.91 Å². The molecule has 2 atom stereocenters. The Morgan fingerprint density at radius 1 is 1.19 bits per heavy atom. The van der Waals surface area contributed by atoms with Crippen LogP contribution >= 0.6 is 0 Å². The van der Waals surface area contributed by atoms with Crippen LogP contribution < -0.4 is 4.74 Å². The van der Waals surface area contributed by atoms with Crippen molar-refractivity contribution in [2.24, 2.45) is 5.41 Å². The Morgan fingerprint density at radius 3 is 2.73 bits per heavy atom. The summed E-state index contributed by atoms with van der Waals surface area (Å²) in [6.45, 7) is 3.73.